The summed E-state index contributed by atoms with van der Waals surface area (Å²) < 4.78 is 8.67. The van der Waals surface area contributed by atoms with Crippen molar-refractivity contribution >= 4 is 43.6 Å². The van der Waals surface area contributed by atoms with Crippen LogP contribution in [0.2, 0.25) is 0 Å². The second-order valence-corrected chi connectivity index (χ2v) is 9.04. The molecular weight excluding hydrogens is 392 g/mol. The Bertz CT molecular complexity index is 1670. The van der Waals surface area contributed by atoms with E-state index in [2.05, 4.69) is 104 Å². The maximum atomic E-state index is 6.47. The molecule has 0 fully saturated rings. The number of benzene rings is 3. The Kier molecular flexibility index (Phi) is 4.09. The molecule has 0 saturated heterocycles. The second kappa shape index (κ2) is 6.89. The van der Waals surface area contributed by atoms with Gasteiger partial charge in [0.25, 0.3) is 0 Å². The lowest BCUT2D eigenvalue weighted by Crippen LogP contribution is -2.30. The average Bonchev–Trinajstić information content (AvgIpc) is 3.18. The van der Waals surface area contributed by atoms with Gasteiger partial charge < -0.3 is 4.42 Å². The maximum absolute atomic E-state index is 6.47. The zero-order valence-corrected chi connectivity index (χ0v) is 18.8. The van der Waals surface area contributed by atoms with E-state index in [4.69, 9.17) is 4.42 Å². The molecular formula is C29H25N2O+. The lowest BCUT2D eigenvalue weighted by molar-refractivity contribution is -0.659. The first-order valence-corrected chi connectivity index (χ1v) is 11.1. The summed E-state index contributed by atoms with van der Waals surface area (Å²) in [7, 11) is 2.11. The number of hydrogen-bond acceptors (Lipinski definition) is 2. The SMILES string of the molecule is Cc1ccc2c(oc3ncc4ccccc4c32)c1-c1c2ccc(C(C)C)cc2cc[n+]1C. The summed E-state index contributed by atoms with van der Waals surface area (Å²) in [5.74, 6) is 0.497. The molecule has 0 aliphatic heterocycles. The molecule has 3 heteroatoms. The smallest absolute Gasteiger partial charge is 0.227 e. The number of rotatable bonds is 2. The third-order valence-electron chi connectivity index (χ3n) is 6.66. The minimum atomic E-state index is 0.497. The van der Waals surface area contributed by atoms with Gasteiger partial charge in [0.2, 0.25) is 11.4 Å². The predicted molar refractivity (Wildman–Crippen MR) is 132 cm³/mol. The van der Waals surface area contributed by atoms with Gasteiger partial charge in [-0.1, -0.05) is 62.4 Å². The summed E-state index contributed by atoms with van der Waals surface area (Å²) in [4.78, 5) is 4.65. The Morgan fingerprint density at radius 2 is 1.69 bits per heavy atom. The van der Waals surface area contributed by atoms with Gasteiger partial charge in [-0.05, 0) is 40.8 Å². The van der Waals surface area contributed by atoms with Crippen LogP contribution in [-0.2, 0) is 7.05 Å². The zero-order valence-electron chi connectivity index (χ0n) is 18.8. The molecule has 32 heavy (non-hydrogen) atoms. The molecule has 0 unspecified atom stereocenters. The van der Waals surface area contributed by atoms with Crippen molar-refractivity contribution < 1.29 is 8.98 Å². The standard InChI is InChI=1S/C29H25N2O/c1-17(2)19-10-12-23-20(15-19)13-14-31(4)27(23)25-18(3)9-11-24-26-22-8-6-5-7-21(22)16-30-29(26)32-28(24)25/h5-17H,1-4H3/q+1. The molecule has 156 valence electrons. The number of furan rings is 1. The van der Waals surface area contributed by atoms with Crippen LogP contribution in [-0.4, -0.2) is 4.98 Å². The number of aromatic nitrogens is 2. The molecule has 0 N–H and O–H groups in total. The fourth-order valence-corrected chi connectivity index (χ4v) is 4.92. The van der Waals surface area contributed by atoms with Gasteiger partial charge in [0.05, 0.1) is 16.3 Å². The van der Waals surface area contributed by atoms with Gasteiger partial charge in [0, 0.05) is 23.0 Å². The highest BCUT2D eigenvalue weighted by atomic mass is 16.3. The molecule has 0 aliphatic carbocycles. The molecule has 3 nitrogen and oxygen atoms in total. The summed E-state index contributed by atoms with van der Waals surface area (Å²) in [6, 6.07) is 21.8. The molecule has 0 atom stereocenters. The molecule has 0 spiro atoms. The van der Waals surface area contributed by atoms with Gasteiger partial charge in [-0.25, -0.2) is 9.55 Å². The molecule has 6 rings (SSSR count). The van der Waals surface area contributed by atoms with Gasteiger partial charge in [0.1, 0.15) is 7.05 Å². The van der Waals surface area contributed by atoms with Gasteiger partial charge >= 0.3 is 0 Å². The predicted octanol–water partition coefficient (Wildman–Crippen LogP) is 7.21. The Hall–Kier alpha value is -3.72. The number of pyridine rings is 2. The van der Waals surface area contributed by atoms with E-state index in [0.717, 1.165) is 27.3 Å². The highest BCUT2D eigenvalue weighted by Crippen LogP contribution is 2.40. The van der Waals surface area contributed by atoms with E-state index in [-0.39, 0.29) is 0 Å². The van der Waals surface area contributed by atoms with Gasteiger partial charge in [-0.2, -0.15) is 0 Å². The van der Waals surface area contributed by atoms with Crippen molar-refractivity contribution in [2.24, 2.45) is 7.05 Å². The van der Waals surface area contributed by atoms with E-state index >= 15 is 0 Å². The van der Waals surface area contributed by atoms with Crippen LogP contribution in [0.25, 0.3) is 54.9 Å². The van der Waals surface area contributed by atoms with Crippen molar-refractivity contribution in [1.82, 2.24) is 4.98 Å². The van der Waals surface area contributed by atoms with E-state index in [0.29, 0.717) is 11.6 Å². The van der Waals surface area contributed by atoms with Crippen LogP contribution in [0.4, 0.5) is 0 Å². The molecule has 0 saturated carbocycles. The van der Waals surface area contributed by atoms with Crippen molar-refractivity contribution in [2.75, 3.05) is 0 Å². The van der Waals surface area contributed by atoms with E-state index in [9.17, 15) is 0 Å². The van der Waals surface area contributed by atoms with Crippen molar-refractivity contribution in [1.29, 1.82) is 0 Å². The Labute approximate surface area is 186 Å². The van der Waals surface area contributed by atoms with Crippen LogP contribution in [0, 0.1) is 6.92 Å². The highest BCUT2D eigenvalue weighted by molar-refractivity contribution is 6.20. The number of aryl methyl sites for hydroxylation is 2. The molecule has 0 amide bonds. The second-order valence-electron chi connectivity index (χ2n) is 9.04. The van der Waals surface area contributed by atoms with Crippen molar-refractivity contribution in [3.05, 3.63) is 84.2 Å². The normalized spacial score (nSPS) is 12.0. The summed E-state index contributed by atoms with van der Waals surface area (Å²) in [5, 5.41) is 6.98. The first-order valence-electron chi connectivity index (χ1n) is 11.1. The van der Waals surface area contributed by atoms with Crippen LogP contribution < -0.4 is 4.57 Å². The molecule has 0 radical (unpaired) electrons. The third kappa shape index (κ3) is 2.67. The van der Waals surface area contributed by atoms with Gasteiger partial charge in [-0.15, -0.1) is 0 Å². The summed E-state index contributed by atoms with van der Waals surface area (Å²) in [6.45, 7) is 6.64. The van der Waals surface area contributed by atoms with Crippen LogP contribution in [0.3, 0.4) is 0 Å². The fourth-order valence-electron chi connectivity index (χ4n) is 4.92. The third-order valence-corrected chi connectivity index (χ3v) is 6.66. The van der Waals surface area contributed by atoms with Crippen molar-refractivity contribution in [3.8, 4) is 11.3 Å². The largest absolute Gasteiger partial charge is 0.437 e. The fraction of sp³-hybridized carbons (Fsp3) is 0.172. The van der Waals surface area contributed by atoms with Crippen LogP contribution >= 0.6 is 0 Å². The zero-order chi connectivity index (χ0) is 22.0. The average molecular weight is 418 g/mol. The van der Waals surface area contributed by atoms with Crippen LogP contribution in [0.5, 0.6) is 0 Å². The summed E-state index contributed by atoms with van der Waals surface area (Å²) in [6.07, 6.45) is 4.05. The van der Waals surface area contributed by atoms with Gasteiger partial charge in [0.15, 0.2) is 11.8 Å². The molecule has 3 heterocycles. The highest BCUT2D eigenvalue weighted by Gasteiger charge is 2.24. The first kappa shape index (κ1) is 19.0. The van der Waals surface area contributed by atoms with E-state index < -0.39 is 0 Å². The molecule has 6 aromatic rings. The first-order chi connectivity index (χ1) is 15.5. The Morgan fingerprint density at radius 1 is 0.875 bits per heavy atom. The van der Waals surface area contributed by atoms with E-state index in [1.807, 2.05) is 6.20 Å². The summed E-state index contributed by atoms with van der Waals surface area (Å²) in [5.41, 5.74) is 6.44. The minimum Gasteiger partial charge on any atom is -0.437 e. The molecule has 3 aromatic heterocycles. The Morgan fingerprint density at radius 3 is 2.53 bits per heavy atom. The summed E-state index contributed by atoms with van der Waals surface area (Å²) >= 11 is 0. The molecule has 0 bridgehead atoms. The topological polar surface area (TPSA) is 29.9 Å². The van der Waals surface area contributed by atoms with E-state index in [1.165, 1.54) is 33.0 Å². The number of fused-ring (bicyclic) bond motifs is 6. The van der Waals surface area contributed by atoms with Crippen molar-refractivity contribution in [3.63, 3.8) is 0 Å². The van der Waals surface area contributed by atoms with Crippen LogP contribution in [0.15, 0.2) is 77.5 Å². The lowest BCUT2D eigenvalue weighted by Gasteiger charge is -2.11. The lowest BCUT2D eigenvalue weighted by atomic mass is 9.94. The number of hydrogen-bond donors (Lipinski definition) is 0. The van der Waals surface area contributed by atoms with Gasteiger partial charge in [-0.3, -0.25) is 0 Å². The Balaban J connectivity index is 1.75. The monoisotopic (exact) mass is 417 g/mol. The number of nitrogens with zero attached hydrogens (tertiary/aromatic N) is 2. The maximum Gasteiger partial charge on any atom is 0.227 e. The quantitative estimate of drug-likeness (QED) is 0.279. The van der Waals surface area contributed by atoms with Crippen LogP contribution in [0.1, 0.15) is 30.9 Å². The minimum absolute atomic E-state index is 0.497. The van der Waals surface area contributed by atoms with Crippen molar-refractivity contribution in [2.45, 2.75) is 26.7 Å². The van der Waals surface area contributed by atoms with E-state index in [1.54, 1.807) is 0 Å². The molecule has 0 aliphatic rings. The molecule has 3 aromatic carbocycles.